The summed E-state index contributed by atoms with van der Waals surface area (Å²) < 4.78 is 6.87. The molecule has 1 fully saturated rings. The Labute approximate surface area is 101 Å². The molecule has 0 spiro atoms. The minimum atomic E-state index is -0.0236. The molecule has 0 aliphatic heterocycles. The fraction of sp³-hybridized carbons (Fsp3) is 0.667. The summed E-state index contributed by atoms with van der Waals surface area (Å²) in [4.78, 5) is 16.2. The van der Waals surface area contributed by atoms with Crippen molar-refractivity contribution in [1.82, 2.24) is 9.55 Å². The van der Waals surface area contributed by atoms with Gasteiger partial charge in [0.1, 0.15) is 0 Å². The first kappa shape index (κ1) is 12.1. The summed E-state index contributed by atoms with van der Waals surface area (Å²) in [5.74, 6) is 0.434. The first-order chi connectivity index (χ1) is 8.26. The van der Waals surface area contributed by atoms with E-state index in [1.807, 2.05) is 0 Å². The summed E-state index contributed by atoms with van der Waals surface area (Å²) in [7, 11) is 1.66. The van der Waals surface area contributed by atoms with Crippen LogP contribution in [-0.2, 0) is 4.74 Å². The molecule has 2 rings (SSSR count). The highest BCUT2D eigenvalue weighted by atomic mass is 16.5. The van der Waals surface area contributed by atoms with Crippen molar-refractivity contribution in [1.29, 1.82) is 0 Å². The lowest BCUT2D eigenvalue weighted by Crippen LogP contribution is -2.31. The van der Waals surface area contributed by atoms with Crippen molar-refractivity contribution < 1.29 is 4.74 Å². The van der Waals surface area contributed by atoms with Gasteiger partial charge in [-0.25, -0.2) is 4.98 Å². The predicted molar refractivity (Wildman–Crippen MR) is 66.3 cm³/mol. The Kier molecular flexibility index (Phi) is 3.78. The molecule has 0 radical (unpaired) electrons. The van der Waals surface area contributed by atoms with E-state index in [0.717, 1.165) is 19.3 Å². The highest BCUT2D eigenvalue weighted by molar-refractivity contribution is 5.32. The molecular weight excluding hydrogens is 218 g/mol. The third-order valence-electron chi connectivity index (χ3n) is 3.01. The Morgan fingerprint density at radius 1 is 1.65 bits per heavy atom. The highest BCUT2D eigenvalue weighted by Gasteiger charge is 2.25. The number of nitrogens with zero attached hydrogens (tertiary/aromatic N) is 2. The van der Waals surface area contributed by atoms with Crippen LogP contribution in [0.25, 0.3) is 0 Å². The Morgan fingerprint density at radius 2 is 2.41 bits per heavy atom. The zero-order valence-electron chi connectivity index (χ0n) is 10.3. The van der Waals surface area contributed by atoms with Gasteiger partial charge in [-0.3, -0.25) is 4.79 Å². The predicted octanol–water partition coefficient (Wildman–Crippen LogP) is 1.42. The highest BCUT2D eigenvalue weighted by Crippen LogP contribution is 2.33. The van der Waals surface area contributed by atoms with Gasteiger partial charge in [0.2, 0.25) is 0 Å². The van der Waals surface area contributed by atoms with Gasteiger partial charge in [-0.05, 0) is 19.3 Å². The standard InChI is InChI=1S/C12H19N3O2/c1-3-9(8-17-2)14-11-12(16)15(7-6-13-11)10-4-5-10/h6-7,9-10H,3-5,8H2,1-2H3,(H,13,14). The van der Waals surface area contributed by atoms with Crippen LogP contribution in [0.5, 0.6) is 0 Å². The quantitative estimate of drug-likeness (QED) is 0.813. The Bertz CT molecular complexity index is 426. The lowest BCUT2D eigenvalue weighted by molar-refractivity contribution is 0.184. The maximum atomic E-state index is 12.1. The van der Waals surface area contributed by atoms with Crippen LogP contribution in [0.2, 0.25) is 0 Å². The van der Waals surface area contributed by atoms with E-state index in [4.69, 9.17) is 4.74 Å². The lowest BCUT2D eigenvalue weighted by Gasteiger charge is -2.16. The van der Waals surface area contributed by atoms with Crippen molar-refractivity contribution >= 4 is 5.82 Å². The van der Waals surface area contributed by atoms with E-state index in [2.05, 4.69) is 17.2 Å². The van der Waals surface area contributed by atoms with Gasteiger partial charge >= 0.3 is 0 Å². The van der Waals surface area contributed by atoms with Crippen LogP contribution in [0.3, 0.4) is 0 Å². The third-order valence-corrected chi connectivity index (χ3v) is 3.01. The zero-order chi connectivity index (χ0) is 12.3. The molecule has 5 heteroatoms. The van der Waals surface area contributed by atoms with Crippen LogP contribution in [0, 0.1) is 0 Å². The van der Waals surface area contributed by atoms with E-state index < -0.39 is 0 Å². The second kappa shape index (κ2) is 5.31. The second-order valence-corrected chi connectivity index (χ2v) is 4.42. The molecule has 1 aromatic rings. The van der Waals surface area contributed by atoms with Crippen molar-refractivity contribution in [2.45, 2.75) is 38.3 Å². The van der Waals surface area contributed by atoms with E-state index in [1.165, 1.54) is 0 Å². The van der Waals surface area contributed by atoms with Crippen LogP contribution in [-0.4, -0.2) is 29.3 Å². The van der Waals surface area contributed by atoms with Gasteiger partial charge in [-0.1, -0.05) is 6.92 Å². The molecule has 1 aliphatic rings. The molecule has 1 heterocycles. The molecule has 1 unspecified atom stereocenters. The molecule has 0 bridgehead atoms. The smallest absolute Gasteiger partial charge is 0.293 e. The van der Waals surface area contributed by atoms with Gasteiger partial charge in [0.05, 0.1) is 12.6 Å². The lowest BCUT2D eigenvalue weighted by atomic mass is 10.2. The first-order valence-electron chi connectivity index (χ1n) is 6.08. The fourth-order valence-corrected chi connectivity index (χ4v) is 1.82. The SMILES string of the molecule is CCC(COC)Nc1nccn(C2CC2)c1=O. The third kappa shape index (κ3) is 2.85. The summed E-state index contributed by atoms with van der Waals surface area (Å²) in [5.41, 5.74) is -0.0236. The molecule has 1 saturated carbocycles. The molecule has 1 atom stereocenters. The molecule has 17 heavy (non-hydrogen) atoms. The van der Waals surface area contributed by atoms with Gasteiger partial charge < -0.3 is 14.6 Å². The van der Waals surface area contributed by atoms with Gasteiger partial charge in [0.15, 0.2) is 5.82 Å². The number of nitrogens with one attached hydrogen (secondary N) is 1. The van der Waals surface area contributed by atoms with Crippen LogP contribution in [0.4, 0.5) is 5.82 Å². The normalized spacial score (nSPS) is 16.8. The molecule has 5 nitrogen and oxygen atoms in total. The van der Waals surface area contributed by atoms with E-state index in [-0.39, 0.29) is 11.6 Å². The van der Waals surface area contributed by atoms with Crippen LogP contribution in [0.15, 0.2) is 17.2 Å². The average Bonchev–Trinajstić information content (AvgIpc) is 3.15. The summed E-state index contributed by atoms with van der Waals surface area (Å²) in [6.45, 7) is 2.63. The molecule has 0 aromatic carbocycles. The molecule has 1 aliphatic carbocycles. The Balaban J connectivity index is 2.14. The maximum Gasteiger partial charge on any atom is 0.293 e. The molecule has 1 N–H and O–H groups in total. The Hall–Kier alpha value is -1.36. The maximum absolute atomic E-state index is 12.1. The number of methoxy groups -OCH3 is 1. The van der Waals surface area contributed by atoms with Gasteiger partial charge in [-0.2, -0.15) is 0 Å². The summed E-state index contributed by atoms with van der Waals surface area (Å²) in [6, 6.07) is 0.517. The number of hydrogen-bond donors (Lipinski definition) is 1. The number of hydrogen-bond acceptors (Lipinski definition) is 4. The van der Waals surface area contributed by atoms with Gasteiger partial charge in [-0.15, -0.1) is 0 Å². The minimum absolute atomic E-state index is 0.0236. The van der Waals surface area contributed by atoms with Crippen molar-refractivity contribution in [3.05, 3.63) is 22.7 Å². The van der Waals surface area contributed by atoms with Crippen LogP contribution < -0.4 is 10.9 Å². The van der Waals surface area contributed by atoms with E-state index >= 15 is 0 Å². The molecule has 94 valence electrons. The van der Waals surface area contributed by atoms with Crippen molar-refractivity contribution in [2.75, 3.05) is 19.0 Å². The number of aromatic nitrogens is 2. The molecule has 0 saturated heterocycles. The first-order valence-corrected chi connectivity index (χ1v) is 6.08. The van der Waals surface area contributed by atoms with E-state index in [1.54, 1.807) is 24.1 Å². The topological polar surface area (TPSA) is 56.1 Å². The fourth-order valence-electron chi connectivity index (χ4n) is 1.82. The van der Waals surface area contributed by atoms with Gasteiger partial charge in [0.25, 0.3) is 5.56 Å². The number of ether oxygens (including phenoxy) is 1. The Morgan fingerprint density at radius 3 is 3.00 bits per heavy atom. The van der Waals surface area contributed by atoms with E-state index in [0.29, 0.717) is 18.5 Å². The molecule has 1 aromatic heterocycles. The van der Waals surface area contributed by atoms with Crippen molar-refractivity contribution in [3.8, 4) is 0 Å². The van der Waals surface area contributed by atoms with Crippen molar-refractivity contribution in [3.63, 3.8) is 0 Å². The summed E-state index contributed by atoms with van der Waals surface area (Å²) in [5, 5.41) is 3.15. The monoisotopic (exact) mass is 237 g/mol. The van der Waals surface area contributed by atoms with E-state index in [9.17, 15) is 4.79 Å². The molecular formula is C12H19N3O2. The largest absolute Gasteiger partial charge is 0.383 e. The van der Waals surface area contributed by atoms with Crippen LogP contribution >= 0.6 is 0 Å². The van der Waals surface area contributed by atoms with Gasteiger partial charge in [0, 0.05) is 25.5 Å². The average molecular weight is 237 g/mol. The minimum Gasteiger partial charge on any atom is -0.383 e. The summed E-state index contributed by atoms with van der Waals surface area (Å²) in [6.07, 6.45) is 6.54. The van der Waals surface area contributed by atoms with Crippen molar-refractivity contribution in [2.24, 2.45) is 0 Å². The number of anilines is 1. The summed E-state index contributed by atoms with van der Waals surface area (Å²) >= 11 is 0. The zero-order valence-corrected chi connectivity index (χ0v) is 10.3. The van der Waals surface area contributed by atoms with Crippen LogP contribution in [0.1, 0.15) is 32.2 Å². The molecule has 0 amide bonds. The second-order valence-electron chi connectivity index (χ2n) is 4.42. The number of rotatable bonds is 6.